The molecule has 0 unspecified atom stereocenters. The summed E-state index contributed by atoms with van der Waals surface area (Å²) in [6, 6.07) is 6.44. The predicted molar refractivity (Wildman–Crippen MR) is 97.7 cm³/mol. The fourth-order valence-electron chi connectivity index (χ4n) is 3.94. The smallest absolute Gasteiger partial charge is 0.329 e. The Balaban J connectivity index is 1.90. The highest BCUT2D eigenvalue weighted by Gasteiger charge is 2.45. The van der Waals surface area contributed by atoms with Crippen molar-refractivity contribution in [3.8, 4) is 0 Å². The van der Waals surface area contributed by atoms with E-state index in [2.05, 4.69) is 0 Å². The number of benzene rings is 1. The molecule has 1 aromatic rings. The SMILES string of the molecule is CN(C(=O)c1cccc(N2CCCS2(=O)=O)c1)C1(C(=O)O)CCCCC1. The molecule has 2 aliphatic rings. The second-order valence-corrected chi connectivity index (χ2v) is 9.07. The number of anilines is 1. The minimum atomic E-state index is -3.33. The molecule has 1 heterocycles. The summed E-state index contributed by atoms with van der Waals surface area (Å²) >= 11 is 0. The highest BCUT2D eigenvalue weighted by atomic mass is 32.2. The van der Waals surface area contributed by atoms with Crippen LogP contribution in [-0.4, -0.2) is 55.2 Å². The van der Waals surface area contributed by atoms with E-state index >= 15 is 0 Å². The van der Waals surface area contributed by atoms with Gasteiger partial charge in [-0.05, 0) is 37.5 Å². The summed E-state index contributed by atoms with van der Waals surface area (Å²) in [6.45, 7) is 0.398. The van der Waals surface area contributed by atoms with Gasteiger partial charge in [-0.15, -0.1) is 0 Å². The largest absolute Gasteiger partial charge is 0.479 e. The molecule has 0 bridgehead atoms. The van der Waals surface area contributed by atoms with E-state index in [0.717, 1.165) is 19.3 Å². The zero-order chi connectivity index (χ0) is 18.9. The topological polar surface area (TPSA) is 95.0 Å². The number of sulfonamides is 1. The van der Waals surface area contributed by atoms with Crippen molar-refractivity contribution in [2.24, 2.45) is 0 Å². The van der Waals surface area contributed by atoms with Gasteiger partial charge < -0.3 is 10.0 Å². The van der Waals surface area contributed by atoms with E-state index in [9.17, 15) is 23.1 Å². The quantitative estimate of drug-likeness (QED) is 0.863. The number of carbonyl (C=O) groups is 2. The zero-order valence-corrected chi connectivity index (χ0v) is 15.7. The fraction of sp³-hybridized carbons (Fsp3) is 0.556. The van der Waals surface area contributed by atoms with E-state index < -0.39 is 27.4 Å². The summed E-state index contributed by atoms with van der Waals surface area (Å²) in [5.41, 5.74) is -0.432. The molecule has 8 heteroatoms. The molecule has 1 aliphatic carbocycles. The normalized spacial score (nSPS) is 21.3. The van der Waals surface area contributed by atoms with Crippen molar-refractivity contribution in [1.29, 1.82) is 0 Å². The Hall–Kier alpha value is -2.09. The van der Waals surface area contributed by atoms with Crippen LogP contribution in [0.25, 0.3) is 0 Å². The van der Waals surface area contributed by atoms with Gasteiger partial charge in [0.25, 0.3) is 5.91 Å². The first kappa shape index (κ1) is 18.7. The summed E-state index contributed by atoms with van der Waals surface area (Å²) in [5.74, 6) is -1.27. The molecule has 1 saturated heterocycles. The van der Waals surface area contributed by atoms with Crippen molar-refractivity contribution < 1.29 is 23.1 Å². The number of rotatable bonds is 4. The molecule has 7 nitrogen and oxygen atoms in total. The Morgan fingerprint density at radius 2 is 1.85 bits per heavy atom. The van der Waals surface area contributed by atoms with Crippen molar-refractivity contribution >= 4 is 27.6 Å². The summed E-state index contributed by atoms with van der Waals surface area (Å²) < 4.78 is 25.6. The Morgan fingerprint density at radius 3 is 2.42 bits per heavy atom. The molecule has 1 amide bonds. The van der Waals surface area contributed by atoms with Crippen LogP contribution >= 0.6 is 0 Å². The van der Waals surface area contributed by atoms with Crippen LogP contribution < -0.4 is 4.31 Å². The minimum Gasteiger partial charge on any atom is -0.479 e. The van der Waals surface area contributed by atoms with Gasteiger partial charge in [-0.3, -0.25) is 9.10 Å². The molecule has 0 atom stereocenters. The van der Waals surface area contributed by atoms with Crippen LogP contribution in [-0.2, 0) is 14.8 Å². The molecule has 0 spiro atoms. The average Bonchev–Trinajstić information content (AvgIpc) is 3.00. The maximum Gasteiger partial charge on any atom is 0.329 e. The number of hydrogen-bond acceptors (Lipinski definition) is 4. The summed E-state index contributed by atoms with van der Waals surface area (Å²) in [6.07, 6.45) is 3.95. The number of nitrogens with zero attached hydrogens (tertiary/aromatic N) is 2. The van der Waals surface area contributed by atoms with Crippen LogP contribution in [0.1, 0.15) is 48.9 Å². The maximum absolute atomic E-state index is 13.0. The molecule has 3 rings (SSSR count). The molecule has 142 valence electrons. The van der Waals surface area contributed by atoms with Gasteiger partial charge in [-0.1, -0.05) is 25.3 Å². The molecule has 1 aliphatic heterocycles. The van der Waals surface area contributed by atoms with Crippen LogP contribution in [0, 0.1) is 0 Å². The van der Waals surface area contributed by atoms with Crippen molar-refractivity contribution in [3.05, 3.63) is 29.8 Å². The van der Waals surface area contributed by atoms with E-state index in [1.807, 2.05) is 0 Å². The monoisotopic (exact) mass is 380 g/mol. The predicted octanol–water partition coefficient (Wildman–Crippen LogP) is 2.09. The van der Waals surface area contributed by atoms with E-state index in [1.54, 1.807) is 24.3 Å². The third-order valence-corrected chi connectivity index (χ3v) is 7.38. The number of carboxylic acids is 1. The lowest BCUT2D eigenvalue weighted by atomic mass is 9.80. The average molecular weight is 380 g/mol. The Kier molecular flexibility index (Phi) is 4.96. The molecular weight excluding hydrogens is 356 g/mol. The Bertz CT molecular complexity index is 815. The van der Waals surface area contributed by atoms with E-state index in [4.69, 9.17) is 0 Å². The molecular formula is C18H24N2O5S. The van der Waals surface area contributed by atoms with Gasteiger partial charge in [0.15, 0.2) is 0 Å². The third kappa shape index (κ3) is 3.18. The summed E-state index contributed by atoms with van der Waals surface area (Å²) in [4.78, 5) is 26.2. The molecule has 1 aromatic carbocycles. The lowest BCUT2D eigenvalue weighted by Gasteiger charge is -2.41. The molecule has 2 fully saturated rings. The van der Waals surface area contributed by atoms with Crippen LogP contribution in [0.5, 0.6) is 0 Å². The van der Waals surface area contributed by atoms with Crippen molar-refractivity contribution in [1.82, 2.24) is 4.90 Å². The van der Waals surface area contributed by atoms with Crippen LogP contribution in [0.2, 0.25) is 0 Å². The van der Waals surface area contributed by atoms with Crippen LogP contribution in [0.3, 0.4) is 0 Å². The third-order valence-electron chi connectivity index (χ3n) is 5.51. The van der Waals surface area contributed by atoms with E-state index in [1.165, 1.54) is 16.3 Å². The second-order valence-electron chi connectivity index (χ2n) is 7.05. The molecule has 26 heavy (non-hydrogen) atoms. The van der Waals surface area contributed by atoms with Crippen LogP contribution in [0.15, 0.2) is 24.3 Å². The molecule has 1 saturated carbocycles. The number of likely N-dealkylation sites (N-methyl/N-ethyl adjacent to an activating group) is 1. The minimum absolute atomic E-state index is 0.104. The molecule has 1 N–H and O–H groups in total. The van der Waals surface area contributed by atoms with Gasteiger partial charge in [0.05, 0.1) is 11.4 Å². The molecule has 0 aromatic heterocycles. The maximum atomic E-state index is 13.0. The molecule has 0 radical (unpaired) electrons. The van der Waals surface area contributed by atoms with Crippen molar-refractivity contribution in [3.63, 3.8) is 0 Å². The van der Waals surface area contributed by atoms with Gasteiger partial charge in [0.1, 0.15) is 5.54 Å². The Labute approximate surface area is 153 Å². The van der Waals surface area contributed by atoms with E-state index in [0.29, 0.717) is 37.1 Å². The standard InChI is InChI=1S/C18H24N2O5S/c1-19(18(17(22)23)9-3-2-4-10-18)16(21)14-7-5-8-15(13-14)20-11-6-12-26(20,24)25/h5,7-8,13H,2-4,6,9-12H2,1H3,(H,22,23). The summed E-state index contributed by atoms with van der Waals surface area (Å²) in [5, 5.41) is 9.77. The Morgan fingerprint density at radius 1 is 1.15 bits per heavy atom. The van der Waals surface area contributed by atoms with Gasteiger partial charge in [-0.25, -0.2) is 13.2 Å². The summed E-state index contributed by atoms with van der Waals surface area (Å²) in [7, 11) is -1.81. The highest BCUT2D eigenvalue weighted by Crippen LogP contribution is 2.34. The number of carbonyl (C=O) groups excluding carboxylic acids is 1. The van der Waals surface area contributed by atoms with Gasteiger partial charge in [-0.2, -0.15) is 0 Å². The first-order chi connectivity index (χ1) is 12.3. The highest BCUT2D eigenvalue weighted by molar-refractivity contribution is 7.93. The number of amides is 1. The number of carboxylic acid groups (broad SMARTS) is 1. The van der Waals surface area contributed by atoms with Crippen molar-refractivity contribution in [2.75, 3.05) is 23.7 Å². The van der Waals surface area contributed by atoms with Gasteiger partial charge in [0.2, 0.25) is 10.0 Å². The number of aliphatic carboxylic acids is 1. The van der Waals surface area contributed by atoms with Gasteiger partial charge >= 0.3 is 5.97 Å². The first-order valence-electron chi connectivity index (χ1n) is 8.90. The first-order valence-corrected chi connectivity index (χ1v) is 10.5. The lowest BCUT2D eigenvalue weighted by Crippen LogP contribution is -2.56. The second kappa shape index (κ2) is 6.90. The lowest BCUT2D eigenvalue weighted by molar-refractivity contribution is -0.151. The van der Waals surface area contributed by atoms with E-state index in [-0.39, 0.29) is 5.75 Å². The number of hydrogen-bond donors (Lipinski definition) is 1. The van der Waals surface area contributed by atoms with Crippen LogP contribution in [0.4, 0.5) is 5.69 Å². The zero-order valence-electron chi connectivity index (χ0n) is 14.8. The van der Waals surface area contributed by atoms with Gasteiger partial charge in [0, 0.05) is 19.2 Å². The van der Waals surface area contributed by atoms with Crippen molar-refractivity contribution in [2.45, 2.75) is 44.1 Å². The fourth-order valence-corrected chi connectivity index (χ4v) is 5.50.